The van der Waals surface area contributed by atoms with Gasteiger partial charge in [-0.3, -0.25) is 4.79 Å². The maximum Gasteiger partial charge on any atom is 0.488 e. The van der Waals surface area contributed by atoms with Gasteiger partial charge in [0.05, 0.1) is 0 Å². The Morgan fingerprint density at radius 1 is 0.870 bits per heavy atom. The van der Waals surface area contributed by atoms with E-state index in [0.29, 0.717) is 29.0 Å². The number of hydrogen-bond donors (Lipinski definition) is 2. The van der Waals surface area contributed by atoms with E-state index >= 15 is 0 Å². The van der Waals surface area contributed by atoms with Gasteiger partial charge in [0, 0.05) is 5.56 Å². The highest BCUT2D eigenvalue weighted by Crippen LogP contribution is 2.26. The fourth-order valence-electron chi connectivity index (χ4n) is 2.10. The van der Waals surface area contributed by atoms with Crippen molar-refractivity contribution in [2.24, 2.45) is 0 Å². The van der Waals surface area contributed by atoms with Crippen molar-refractivity contribution in [3.8, 4) is 22.8 Å². The number of aldehydes is 1. The molecule has 0 aliphatic rings. The van der Waals surface area contributed by atoms with Gasteiger partial charge in [-0.2, -0.15) is 0 Å². The molecule has 1 heterocycles. The molecule has 23 heavy (non-hydrogen) atoms. The predicted octanol–water partition coefficient (Wildman–Crippen LogP) is 2.23. The molecular weight excluding hydrogens is 295 g/mol. The Bertz CT molecular complexity index is 791. The third kappa shape index (κ3) is 3.50. The fourth-order valence-corrected chi connectivity index (χ4v) is 2.10. The van der Waals surface area contributed by atoms with Gasteiger partial charge < -0.3 is 19.2 Å². The van der Waals surface area contributed by atoms with Gasteiger partial charge in [-0.15, -0.1) is 0 Å². The minimum absolute atomic E-state index is 0.284. The Kier molecular flexibility index (Phi) is 4.27. The Morgan fingerprint density at radius 2 is 1.48 bits per heavy atom. The van der Waals surface area contributed by atoms with E-state index in [9.17, 15) is 4.79 Å². The van der Waals surface area contributed by atoms with E-state index < -0.39 is 7.12 Å². The van der Waals surface area contributed by atoms with Crippen molar-refractivity contribution in [3.05, 3.63) is 66.4 Å². The molecule has 3 aromatic rings. The smallest absolute Gasteiger partial charge is 0.457 e. The number of hydrogen-bond acceptors (Lipinski definition) is 5. The second-order valence-electron chi connectivity index (χ2n) is 4.89. The van der Waals surface area contributed by atoms with E-state index in [-0.39, 0.29) is 5.76 Å². The number of rotatable bonds is 5. The van der Waals surface area contributed by atoms with Crippen molar-refractivity contribution in [3.63, 3.8) is 0 Å². The zero-order valence-corrected chi connectivity index (χ0v) is 12.0. The number of benzene rings is 2. The van der Waals surface area contributed by atoms with Crippen LogP contribution in [0.5, 0.6) is 11.5 Å². The van der Waals surface area contributed by atoms with Gasteiger partial charge in [0.15, 0.2) is 12.0 Å². The molecule has 0 saturated carbocycles. The van der Waals surface area contributed by atoms with Gasteiger partial charge in [0.1, 0.15) is 17.3 Å². The minimum Gasteiger partial charge on any atom is -0.457 e. The van der Waals surface area contributed by atoms with Crippen LogP contribution in [0.15, 0.2) is 65.1 Å². The van der Waals surface area contributed by atoms with Crippen LogP contribution in [0.2, 0.25) is 0 Å². The van der Waals surface area contributed by atoms with Crippen LogP contribution in [0.4, 0.5) is 0 Å². The first kappa shape index (κ1) is 15.1. The van der Waals surface area contributed by atoms with Crippen LogP contribution in [0, 0.1) is 0 Å². The first-order valence-electron chi connectivity index (χ1n) is 6.95. The largest absolute Gasteiger partial charge is 0.488 e. The summed E-state index contributed by atoms with van der Waals surface area (Å²) in [5.74, 6) is 2.11. The molecule has 114 valence electrons. The second kappa shape index (κ2) is 6.52. The summed E-state index contributed by atoms with van der Waals surface area (Å²) in [5, 5.41) is 18.1. The molecule has 0 aliphatic heterocycles. The molecule has 0 radical (unpaired) electrons. The normalized spacial score (nSPS) is 10.3. The highest BCUT2D eigenvalue weighted by molar-refractivity contribution is 6.58. The van der Waals surface area contributed by atoms with Crippen molar-refractivity contribution in [2.75, 3.05) is 0 Å². The first-order chi connectivity index (χ1) is 11.2. The molecule has 6 heteroatoms. The van der Waals surface area contributed by atoms with Gasteiger partial charge in [-0.1, -0.05) is 12.1 Å². The monoisotopic (exact) mass is 308 g/mol. The average molecular weight is 308 g/mol. The third-order valence-corrected chi connectivity index (χ3v) is 3.30. The SMILES string of the molecule is O=Cc1ccc(-c2ccc(Oc3ccc(B(O)O)cc3)cc2)o1. The van der Waals surface area contributed by atoms with Crippen molar-refractivity contribution in [1.29, 1.82) is 0 Å². The Hall–Kier alpha value is -2.83. The summed E-state index contributed by atoms with van der Waals surface area (Å²) in [6, 6.07) is 17.1. The van der Waals surface area contributed by atoms with Gasteiger partial charge in [0.2, 0.25) is 0 Å². The van der Waals surface area contributed by atoms with Crippen LogP contribution in [0.3, 0.4) is 0 Å². The average Bonchev–Trinajstić information content (AvgIpc) is 3.05. The first-order valence-corrected chi connectivity index (χ1v) is 6.95. The van der Waals surface area contributed by atoms with Crippen LogP contribution in [-0.4, -0.2) is 23.5 Å². The zero-order chi connectivity index (χ0) is 16.2. The second-order valence-corrected chi connectivity index (χ2v) is 4.89. The molecule has 0 unspecified atom stereocenters. The topological polar surface area (TPSA) is 79.9 Å². The van der Waals surface area contributed by atoms with Gasteiger partial charge in [-0.25, -0.2) is 0 Å². The molecule has 0 bridgehead atoms. The molecule has 1 aromatic heterocycles. The van der Waals surface area contributed by atoms with Crippen LogP contribution >= 0.6 is 0 Å². The summed E-state index contributed by atoms with van der Waals surface area (Å²) >= 11 is 0. The number of furan rings is 1. The van der Waals surface area contributed by atoms with Crippen molar-refractivity contribution in [1.82, 2.24) is 0 Å². The molecule has 2 N–H and O–H groups in total. The van der Waals surface area contributed by atoms with Gasteiger partial charge in [-0.05, 0) is 54.0 Å². The lowest BCUT2D eigenvalue weighted by atomic mass is 9.80. The molecule has 0 fully saturated rings. The highest BCUT2D eigenvalue weighted by Gasteiger charge is 2.10. The minimum atomic E-state index is -1.49. The zero-order valence-electron chi connectivity index (χ0n) is 12.0. The Morgan fingerprint density at radius 3 is 2.00 bits per heavy atom. The van der Waals surface area contributed by atoms with Crippen molar-refractivity contribution in [2.45, 2.75) is 0 Å². The Balaban J connectivity index is 1.73. The quantitative estimate of drug-likeness (QED) is 0.558. The molecule has 0 amide bonds. The van der Waals surface area contributed by atoms with Crippen LogP contribution < -0.4 is 10.2 Å². The molecular formula is C17H13BO5. The van der Waals surface area contributed by atoms with E-state index in [1.54, 1.807) is 48.5 Å². The molecule has 0 saturated heterocycles. The molecule has 3 rings (SSSR count). The fraction of sp³-hybridized carbons (Fsp3) is 0. The lowest BCUT2D eigenvalue weighted by molar-refractivity contribution is 0.110. The summed E-state index contributed by atoms with van der Waals surface area (Å²) in [4.78, 5) is 10.6. The van der Waals surface area contributed by atoms with E-state index in [0.717, 1.165) is 5.56 Å². The molecule has 0 spiro atoms. The summed E-state index contributed by atoms with van der Waals surface area (Å²) < 4.78 is 11.0. The lowest BCUT2D eigenvalue weighted by Gasteiger charge is -2.07. The van der Waals surface area contributed by atoms with Crippen LogP contribution in [0.25, 0.3) is 11.3 Å². The van der Waals surface area contributed by atoms with Crippen molar-refractivity contribution >= 4 is 18.9 Å². The van der Waals surface area contributed by atoms with E-state index in [1.165, 1.54) is 0 Å². The summed E-state index contributed by atoms with van der Waals surface area (Å²) in [6.07, 6.45) is 0.661. The number of carbonyl (C=O) groups is 1. The Labute approximate surface area is 132 Å². The van der Waals surface area contributed by atoms with E-state index in [4.69, 9.17) is 19.2 Å². The standard InChI is InChI=1S/C17H13BO5/c19-11-16-9-10-17(23-16)12-1-5-14(6-2-12)22-15-7-3-13(4-8-15)18(20)21/h1-11,20-21H. The maximum atomic E-state index is 10.6. The van der Waals surface area contributed by atoms with Gasteiger partial charge in [0.25, 0.3) is 0 Å². The van der Waals surface area contributed by atoms with E-state index in [1.807, 2.05) is 12.1 Å². The molecule has 0 aliphatic carbocycles. The van der Waals surface area contributed by atoms with Crippen molar-refractivity contribution < 1.29 is 24.0 Å². The lowest BCUT2D eigenvalue weighted by Crippen LogP contribution is -2.29. The summed E-state index contributed by atoms with van der Waals surface area (Å²) in [7, 11) is -1.49. The molecule has 5 nitrogen and oxygen atoms in total. The summed E-state index contributed by atoms with van der Waals surface area (Å²) in [5.41, 5.74) is 1.24. The van der Waals surface area contributed by atoms with E-state index in [2.05, 4.69) is 0 Å². The molecule has 2 aromatic carbocycles. The van der Waals surface area contributed by atoms with Crippen LogP contribution in [-0.2, 0) is 0 Å². The summed E-state index contributed by atoms with van der Waals surface area (Å²) in [6.45, 7) is 0. The number of ether oxygens (including phenoxy) is 1. The van der Waals surface area contributed by atoms with Crippen LogP contribution in [0.1, 0.15) is 10.6 Å². The molecule has 0 atom stereocenters. The third-order valence-electron chi connectivity index (χ3n) is 3.30. The number of carbonyl (C=O) groups excluding carboxylic acids is 1. The maximum absolute atomic E-state index is 10.6. The van der Waals surface area contributed by atoms with Gasteiger partial charge >= 0.3 is 7.12 Å². The highest BCUT2D eigenvalue weighted by atomic mass is 16.5. The predicted molar refractivity (Wildman–Crippen MR) is 85.9 cm³/mol.